The van der Waals surface area contributed by atoms with Gasteiger partial charge in [0.1, 0.15) is 0 Å². The van der Waals surface area contributed by atoms with Crippen LogP contribution in [0.2, 0.25) is 0 Å². The van der Waals surface area contributed by atoms with Crippen LogP contribution in [-0.4, -0.2) is 26.7 Å². The van der Waals surface area contributed by atoms with Gasteiger partial charge in [-0.05, 0) is 37.6 Å². The van der Waals surface area contributed by atoms with Crippen LogP contribution in [0.4, 0.5) is 0 Å². The molecular formula is C20H23N5O. The summed E-state index contributed by atoms with van der Waals surface area (Å²) in [6.45, 7) is 2.32. The second-order valence-electron chi connectivity index (χ2n) is 6.31. The van der Waals surface area contributed by atoms with Gasteiger partial charge >= 0.3 is 0 Å². The maximum absolute atomic E-state index is 12.0. The Morgan fingerprint density at radius 3 is 2.62 bits per heavy atom. The molecule has 0 spiro atoms. The van der Waals surface area contributed by atoms with E-state index in [1.54, 1.807) is 12.4 Å². The zero-order chi connectivity index (χ0) is 18.4. The smallest absolute Gasteiger partial charge is 0.220 e. The number of pyridine rings is 1. The van der Waals surface area contributed by atoms with E-state index in [9.17, 15) is 4.79 Å². The van der Waals surface area contributed by atoms with Crippen LogP contribution in [0.25, 0.3) is 16.9 Å². The normalized spacial score (nSPS) is 11.9. The lowest BCUT2D eigenvalue weighted by atomic mass is 10.1. The number of aromatic nitrogens is 3. The van der Waals surface area contributed by atoms with E-state index >= 15 is 0 Å². The van der Waals surface area contributed by atoms with E-state index in [-0.39, 0.29) is 11.9 Å². The molecule has 0 aliphatic carbocycles. The molecule has 1 amide bonds. The van der Waals surface area contributed by atoms with Gasteiger partial charge in [-0.15, -0.1) is 0 Å². The summed E-state index contributed by atoms with van der Waals surface area (Å²) in [7, 11) is 0. The molecule has 134 valence electrons. The minimum atomic E-state index is -0.00422. The fourth-order valence-corrected chi connectivity index (χ4v) is 2.65. The second-order valence-corrected chi connectivity index (χ2v) is 6.31. The van der Waals surface area contributed by atoms with Crippen LogP contribution < -0.4 is 11.1 Å². The van der Waals surface area contributed by atoms with Crippen LogP contribution in [0, 0.1) is 0 Å². The van der Waals surface area contributed by atoms with Gasteiger partial charge < -0.3 is 11.1 Å². The molecule has 0 radical (unpaired) electrons. The van der Waals surface area contributed by atoms with Crippen molar-refractivity contribution in [3.8, 4) is 16.9 Å². The molecule has 1 atom stereocenters. The number of carbonyl (C=O) groups excluding carboxylic acids is 1. The van der Waals surface area contributed by atoms with Crippen molar-refractivity contribution in [2.75, 3.05) is 0 Å². The summed E-state index contributed by atoms with van der Waals surface area (Å²) in [5.41, 5.74) is 9.44. The monoisotopic (exact) mass is 349 g/mol. The third-order valence-electron chi connectivity index (χ3n) is 4.07. The van der Waals surface area contributed by atoms with Crippen molar-refractivity contribution in [3.05, 3.63) is 66.6 Å². The molecule has 3 N–H and O–H groups in total. The number of rotatable bonds is 7. The molecule has 0 saturated heterocycles. The molecule has 0 fully saturated rings. The number of nitrogens with two attached hydrogens (primary N) is 1. The van der Waals surface area contributed by atoms with Gasteiger partial charge in [0.15, 0.2) is 0 Å². The predicted molar refractivity (Wildman–Crippen MR) is 102 cm³/mol. The Balaban J connectivity index is 1.83. The molecule has 1 unspecified atom stereocenters. The van der Waals surface area contributed by atoms with E-state index in [0.29, 0.717) is 19.4 Å². The molecule has 2 aromatic heterocycles. The van der Waals surface area contributed by atoms with Crippen molar-refractivity contribution in [1.29, 1.82) is 0 Å². The summed E-state index contributed by atoms with van der Waals surface area (Å²) in [6, 6.07) is 13.8. The Kier molecular flexibility index (Phi) is 5.76. The Morgan fingerprint density at radius 2 is 1.92 bits per heavy atom. The van der Waals surface area contributed by atoms with E-state index < -0.39 is 0 Å². The molecule has 2 heterocycles. The fraction of sp³-hybridized carbons (Fsp3) is 0.250. The van der Waals surface area contributed by atoms with Gasteiger partial charge in [0.05, 0.1) is 11.4 Å². The molecule has 26 heavy (non-hydrogen) atoms. The van der Waals surface area contributed by atoms with Crippen molar-refractivity contribution in [1.82, 2.24) is 20.1 Å². The summed E-state index contributed by atoms with van der Waals surface area (Å²) >= 11 is 0. The average Bonchev–Trinajstić information content (AvgIpc) is 3.10. The van der Waals surface area contributed by atoms with Gasteiger partial charge in [0.2, 0.25) is 5.91 Å². The molecule has 0 aliphatic heterocycles. The van der Waals surface area contributed by atoms with Crippen molar-refractivity contribution >= 4 is 5.91 Å². The standard InChI is InChI=1S/C20H23N5O/c1-15(21)7-8-19(26)23-13-17-14-25(18-5-3-2-4-6-18)24-20(17)16-9-11-22-12-10-16/h2-6,9-12,14-15H,7-8,13,21H2,1H3,(H,23,26). The fourth-order valence-electron chi connectivity index (χ4n) is 2.65. The third-order valence-corrected chi connectivity index (χ3v) is 4.07. The Labute approximate surface area is 153 Å². The number of hydrogen-bond donors (Lipinski definition) is 2. The summed E-state index contributed by atoms with van der Waals surface area (Å²) < 4.78 is 1.83. The van der Waals surface area contributed by atoms with Gasteiger partial charge in [-0.3, -0.25) is 9.78 Å². The van der Waals surface area contributed by atoms with Gasteiger partial charge in [0, 0.05) is 48.7 Å². The largest absolute Gasteiger partial charge is 0.352 e. The van der Waals surface area contributed by atoms with Crippen LogP contribution in [0.15, 0.2) is 61.1 Å². The Morgan fingerprint density at radius 1 is 1.19 bits per heavy atom. The third kappa shape index (κ3) is 4.55. The van der Waals surface area contributed by atoms with Crippen LogP contribution in [0.5, 0.6) is 0 Å². The highest BCUT2D eigenvalue weighted by molar-refractivity contribution is 5.76. The number of benzene rings is 1. The zero-order valence-corrected chi connectivity index (χ0v) is 14.8. The number of carbonyl (C=O) groups is 1. The van der Waals surface area contributed by atoms with Crippen molar-refractivity contribution in [2.24, 2.45) is 5.73 Å². The van der Waals surface area contributed by atoms with E-state index in [0.717, 1.165) is 22.5 Å². The summed E-state index contributed by atoms with van der Waals surface area (Å²) in [5.74, 6) is -0.00422. The number of hydrogen-bond acceptors (Lipinski definition) is 4. The molecule has 6 heteroatoms. The van der Waals surface area contributed by atoms with E-state index in [2.05, 4.69) is 10.3 Å². The van der Waals surface area contributed by atoms with Crippen LogP contribution in [0.3, 0.4) is 0 Å². The van der Waals surface area contributed by atoms with E-state index in [1.807, 2.05) is 60.3 Å². The maximum Gasteiger partial charge on any atom is 0.220 e. The molecular weight excluding hydrogens is 326 g/mol. The van der Waals surface area contributed by atoms with Gasteiger partial charge in [-0.25, -0.2) is 4.68 Å². The van der Waals surface area contributed by atoms with Gasteiger partial charge in [-0.1, -0.05) is 18.2 Å². The summed E-state index contributed by atoms with van der Waals surface area (Å²) in [6.07, 6.45) is 6.53. The number of nitrogens with zero attached hydrogens (tertiary/aromatic N) is 3. The Hall–Kier alpha value is -2.99. The van der Waals surface area contributed by atoms with Crippen molar-refractivity contribution < 1.29 is 4.79 Å². The minimum Gasteiger partial charge on any atom is -0.352 e. The molecule has 3 rings (SSSR count). The molecule has 0 bridgehead atoms. The highest BCUT2D eigenvalue weighted by atomic mass is 16.1. The quantitative estimate of drug-likeness (QED) is 0.687. The first-order valence-corrected chi connectivity index (χ1v) is 8.70. The number of amides is 1. The van der Waals surface area contributed by atoms with E-state index in [1.165, 1.54) is 0 Å². The van der Waals surface area contributed by atoms with Crippen LogP contribution >= 0.6 is 0 Å². The lowest BCUT2D eigenvalue weighted by molar-refractivity contribution is -0.121. The van der Waals surface area contributed by atoms with Crippen molar-refractivity contribution in [3.63, 3.8) is 0 Å². The van der Waals surface area contributed by atoms with Gasteiger partial charge in [-0.2, -0.15) is 5.10 Å². The highest BCUT2D eigenvalue weighted by Crippen LogP contribution is 2.23. The van der Waals surface area contributed by atoms with Crippen LogP contribution in [0.1, 0.15) is 25.3 Å². The summed E-state index contributed by atoms with van der Waals surface area (Å²) in [5, 5.41) is 7.69. The topological polar surface area (TPSA) is 85.8 Å². The van der Waals surface area contributed by atoms with Crippen LogP contribution in [-0.2, 0) is 11.3 Å². The minimum absolute atomic E-state index is 0.00422. The second kappa shape index (κ2) is 8.40. The first-order chi connectivity index (χ1) is 12.6. The van der Waals surface area contributed by atoms with Gasteiger partial charge in [0.25, 0.3) is 0 Å². The first-order valence-electron chi connectivity index (χ1n) is 8.70. The molecule has 0 aliphatic rings. The molecule has 6 nitrogen and oxygen atoms in total. The van der Waals surface area contributed by atoms with E-state index in [4.69, 9.17) is 10.8 Å². The zero-order valence-electron chi connectivity index (χ0n) is 14.8. The predicted octanol–water partition coefficient (Wildman–Crippen LogP) is 2.68. The average molecular weight is 349 g/mol. The maximum atomic E-state index is 12.0. The molecule has 3 aromatic rings. The number of nitrogens with one attached hydrogen (secondary N) is 1. The lowest BCUT2D eigenvalue weighted by Crippen LogP contribution is -2.25. The lowest BCUT2D eigenvalue weighted by Gasteiger charge is -2.07. The highest BCUT2D eigenvalue weighted by Gasteiger charge is 2.13. The Bertz CT molecular complexity index is 843. The van der Waals surface area contributed by atoms with Crippen molar-refractivity contribution in [2.45, 2.75) is 32.4 Å². The first kappa shape index (κ1) is 17.8. The molecule has 1 aromatic carbocycles. The SMILES string of the molecule is CC(N)CCC(=O)NCc1cn(-c2ccccc2)nc1-c1ccncc1. The summed E-state index contributed by atoms with van der Waals surface area (Å²) in [4.78, 5) is 16.1. The number of para-hydroxylation sites is 1. The molecule has 0 saturated carbocycles.